The predicted octanol–water partition coefficient (Wildman–Crippen LogP) is 1.07. The number of H-pyrrole nitrogens is 1. The van der Waals surface area contributed by atoms with Gasteiger partial charge in [-0.15, -0.1) is 0 Å². The van der Waals surface area contributed by atoms with Gasteiger partial charge in [-0.3, -0.25) is 9.89 Å². The van der Waals surface area contributed by atoms with E-state index >= 15 is 0 Å². The zero-order valence-electron chi connectivity index (χ0n) is 8.44. The maximum atomic E-state index is 13.0. The van der Waals surface area contributed by atoms with Gasteiger partial charge in [0.2, 0.25) is 5.82 Å². The quantitative estimate of drug-likeness (QED) is 0.808. The number of carbonyl (C=O) groups is 1. The van der Waals surface area contributed by atoms with Crippen LogP contribution in [0.1, 0.15) is 16.2 Å². The average molecular weight is 231 g/mol. The zero-order valence-corrected chi connectivity index (χ0v) is 8.44. The van der Waals surface area contributed by atoms with Crippen molar-refractivity contribution in [3.8, 4) is 6.07 Å². The Labute approximate surface area is 95.1 Å². The lowest BCUT2D eigenvalue weighted by atomic mass is 10.2. The van der Waals surface area contributed by atoms with E-state index in [9.17, 15) is 9.18 Å². The molecule has 2 N–H and O–H groups in total. The van der Waals surface area contributed by atoms with Gasteiger partial charge in [-0.2, -0.15) is 10.4 Å². The van der Waals surface area contributed by atoms with Crippen molar-refractivity contribution in [3.63, 3.8) is 0 Å². The lowest BCUT2D eigenvalue weighted by molar-refractivity contribution is 0.101. The highest BCUT2D eigenvalue weighted by Gasteiger charge is 2.10. The summed E-state index contributed by atoms with van der Waals surface area (Å²) in [7, 11) is 0. The molecule has 0 saturated heterocycles. The Morgan fingerprint density at radius 1 is 1.53 bits per heavy atom. The highest BCUT2D eigenvalue weighted by molar-refractivity contribution is 6.01. The molecule has 0 saturated carbocycles. The first-order chi connectivity index (χ1) is 8.20. The van der Waals surface area contributed by atoms with Crippen LogP contribution in [-0.2, 0) is 0 Å². The first-order valence-corrected chi connectivity index (χ1v) is 4.57. The highest BCUT2D eigenvalue weighted by Crippen LogP contribution is 2.14. The van der Waals surface area contributed by atoms with Crippen molar-refractivity contribution < 1.29 is 9.18 Å². The van der Waals surface area contributed by atoms with Gasteiger partial charge >= 0.3 is 0 Å². The molecule has 0 aliphatic carbocycles. The summed E-state index contributed by atoms with van der Waals surface area (Å²) < 4.78 is 13.0. The van der Waals surface area contributed by atoms with Gasteiger partial charge in [0.05, 0.1) is 5.56 Å². The van der Waals surface area contributed by atoms with Crippen LogP contribution in [0.2, 0.25) is 0 Å². The van der Waals surface area contributed by atoms with E-state index in [-0.39, 0.29) is 11.4 Å². The fourth-order valence-corrected chi connectivity index (χ4v) is 1.19. The lowest BCUT2D eigenvalue weighted by Crippen LogP contribution is -2.13. The summed E-state index contributed by atoms with van der Waals surface area (Å²) in [5.41, 5.74) is 0.171. The topological polar surface area (TPSA) is 94.5 Å². The van der Waals surface area contributed by atoms with Crippen LogP contribution in [0.3, 0.4) is 0 Å². The number of hydrogen-bond acceptors (Lipinski definition) is 4. The summed E-state index contributed by atoms with van der Waals surface area (Å²) in [6.45, 7) is 0. The van der Waals surface area contributed by atoms with Crippen LogP contribution in [0.25, 0.3) is 0 Å². The van der Waals surface area contributed by atoms with Gasteiger partial charge in [-0.25, -0.2) is 9.37 Å². The van der Waals surface area contributed by atoms with Crippen LogP contribution in [0.5, 0.6) is 0 Å². The highest BCUT2D eigenvalue weighted by atomic mass is 19.1. The molecular formula is C10H6FN5O. The normalized spacial score (nSPS) is 9.65. The molecule has 2 aromatic rings. The Balaban J connectivity index is 2.20. The second-order valence-electron chi connectivity index (χ2n) is 3.09. The van der Waals surface area contributed by atoms with E-state index in [1.54, 1.807) is 6.07 Å². The molecule has 7 heteroatoms. The number of carbonyl (C=O) groups excluding carboxylic acids is 1. The fraction of sp³-hybridized carbons (Fsp3) is 0. The number of nitrogens with zero attached hydrogens (tertiary/aromatic N) is 3. The predicted molar refractivity (Wildman–Crippen MR) is 55.5 cm³/mol. The summed E-state index contributed by atoms with van der Waals surface area (Å²) in [6.07, 6.45) is 1.19. The molecule has 84 valence electrons. The second kappa shape index (κ2) is 4.40. The molecule has 0 radical (unpaired) electrons. The summed E-state index contributed by atoms with van der Waals surface area (Å²) in [4.78, 5) is 15.2. The molecular weight excluding hydrogens is 225 g/mol. The van der Waals surface area contributed by atoms with Gasteiger partial charge in [-0.1, -0.05) is 0 Å². The number of benzene rings is 1. The summed E-state index contributed by atoms with van der Waals surface area (Å²) >= 11 is 0. The number of nitriles is 1. The molecule has 2 rings (SSSR count). The number of aromatic amines is 1. The van der Waals surface area contributed by atoms with E-state index in [0.717, 1.165) is 6.07 Å². The van der Waals surface area contributed by atoms with E-state index in [1.807, 2.05) is 0 Å². The molecule has 1 aromatic heterocycles. The van der Waals surface area contributed by atoms with Crippen molar-refractivity contribution >= 4 is 11.6 Å². The maximum Gasteiger partial charge on any atom is 0.292 e. The van der Waals surface area contributed by atoms with Crippen LogP contribution in [0, 0.1) is 17.1 Å². The molecule has 0 unspecified atom stereocenters. The third-order valence-electron chi connectivity index (χ3n) is 1.97. The van der Waals surface area contributed by atoms with Crippen molar-refractivity contribution in [2.75, 3.05) is 5.32 Å². The van der Waals surface area contributed by atoms with Gasteiger partial charge in [-0.05, 0) is 18.2 Å². The SMILES string of the molecule is N#Cc1cc(NC(=O)c2ncn[nH]2)ccc1F. The minimum atomic E-state index is -0.634. The Hall–Kier alpha value is -2.75. The Morgan fingerprint density at radius 2 is 2.35 bits per heavy atom. The molecule has 1 aromatic carbocycles. The number of hydrogen-bond donors (Lipinski definition) is 2. The van der Waals surface area contributed by atoms with Crippen LogP contribution < -0.4 is 5.32 Å². The number of rotatable bonds is 2. The minimum absolute atomic E-state index is 0.0350. The largest absolute Gasteiger partial charge is 0.319 e. The van der Waals surface area contributed by atoms with Crippen LogP contribution in [0.15, 0.2) is 24.5 Å². The number of halogens is 1. The van der Waals surface area contributed by atoms with Gasteiger partial charge < -0.3 is 5.32 Å². The first kappa shape index (κ1) is 10.8. The van der Waals surface area contributed by atoms with E-state index in [0.29, 0.717) is 5.69 Å². The van der Waals surface area contributed by atoms with E-state index in [2.05, 4.69) is 20.5 Å². The Bertz CT molecular complexity index is 587. The Morgan fingerprint density at radius 3 is 3.00 bits per heavy atom. The monoisotopic (exact) mass is 231 g/mol. The summed E-state index contributed by atoms with van der Waals surface area (Å²) in [5, 5.41) is 17.0. The third kappa shape index (κ3) is 2.26. The van der Waals surface area contributed by atoms with Gasteiger partial charge in [0.15, 0.2) is 0 Å². The standard InChI is InChI=1S/C10H6FN5O/c11-8-2-1-7(3-6(8)4-12)15-10(17)9-13-5-14-16-9/h1-3,5H,(H,15,17)(H,13,14,16). The molecule has 0 atom stereocenters. The molecule has 1 amide bonds. The molecule has 1 heterocycles. The number of nitrogens with one attached hydrogen (secondary N) is 2. The number of amides is 1. The smallest absolute Gasteiger partial charge is 0.292 e. The van der Waals surface area contributed by atoms with Crippen LogP contribution in [0.4, 0.5) is 10.1 Å². The van der Waals surface area contributed by atoms with Crippen molar-refractivity contribution in [2.24, 2.45) is 0 Å². The van der Waals surface area contributed by atoms with Crippen molar-refractivity contribution in [3.05, 3.63) is 41.7 Å². The average Bonchev–Trinajstić information content (AvgIpc) is 2.85. The van der Waals surface area contributed by atoms with Gasteiger partial charge in [0, 0.05) is 5.69 Å². The molecule has 0 fully saturated rings. The molecule has 6 nitrogen and oxygen atoms in total. The minimum Gasteiger partial charge on any atom is -0.319 e. The second-order valence-corrected chi connectivity index (χ2v) is 3.09. The van der Waals surface area contributed by atoms with E-state index < -0.39 is 11.7 Å². The summed E-state index contributed by atoms with van der Waals surface area (Å²) in [5.74, 6) is -1.11. The van der Waals surface area contributed by atoms with Crippen molar-refractivity contribution in [2.45, 2.75) is 0 Å². The van der Waals surface area contributed by atoms with Crippen LogP contribution >= 0.6 is 0 Å². The lowest BCUT2D eigenvalue weighted by Gasteiger charge is -2.03. The van der Waals surface area contributed by atoms with Crippen LogP contribution in [-0.4, -0.2) is 21.1 Å². The zero-order chi connectivity index (χ0) is 12.3. The molecule has 0 bridgehead atoms. The molecule has 17 heavy (non-hydrogen) atoms. The molecule has 0 aliphatic rings. The summed E-state index contributed by atoms with van der Waals surface area (Å²) in [6, 6.07) is 5.38. The Kier molecular flexibility index (Phi) is 2.79. The molecule has 0 spiro atoms. The number of anilines is 1. The third-order valence-corrected chi connectivity index (χ3v) is 1.97. The van der Waals surface area contributed by atoms with Crippen molar-refractivity contribution in [1.82, 2.24) is 15.2 Å². The van der Waals surface area contributed by atoms with E-state index in [1.165, 1.54) is 18.5 Å². The maximum absolute atomic E-state index is 13.0. The van der Waals surface area contributed by atoms with Gasteiger partial charge in [0.1, 0.15) is 18.2 Å². The van der Waals surface area contributed by atoms with Gasteiger partial charge in [0.25, 0.3) is 5.91 Å². The van der Waals surface area contributed by atoms with Crippen molar-refractivity contribution in [1.29, 1.82) is 5.26 Å². The first-order valence-electron chi connectivity index (χ1n) is 4.57. The fourth-order valence-electron chi connectivity index (χ4n) is 1.19. The number of aromatic nitrogens is 3. The molecule has 0 aliphatic heterocycles. The van der Waals surface area contributed by atoms with E-state index in [4.69, 9.17) is 5.26 Å².